The van der Waals surface area contributed by atoms with Crippen LogP contribution in [0.4, 0.5) is 0 Å². The Bertz CT molecular complexity index is 1070. The smallest absolute Gasteiger partial charge is 0.255 e. The molecule has 6 nitrogen and oxygen atoms in total. The zero-order valence-corrected chi connectivity index (χ0v) is 13.8. The summed E-state index contributed by atoms with van der Waals surface area (Å²) in [7, 11) is 0. The number of carbonyl (C=O) groups excluding carboxylic acids is 1. The third kappa shape index (κ3) is 3.00. The van der Waals surface area contributed by atoms with E-state index in [4.69, 9.17) is 0 Å². The summed E-state index contributed by atoms with van der Waals surface area (Å²) >= 11 is 0. The molecule has 4 aromatic rings. The largest absolute Gasteiger partial charge is 0.507 e. The van der Waals surface area contributed by atoms with Crippen LogP contribution in [-0.2, 0) is 6.54 Å². The minimum atomic E-state index is -0.326. The second kappa shape index (κ2) is 6.68. The normalized spacial score (nSPS) is 10.8. The van der Waals surface area contributed by atoms with Crippen LogP contribution in [0.15, 0.2) is 73.2 Å². The first-order valence-corrected chi connectivity index (χ1v) is 8.16. The Balaban J connectivity index is 1.48. The van der Waals surface area contributed by atoms with E-state index >= 15 is 0 Å². The number of nitrogens with zero attached hydrogens (tertiary/aromatic N) is 3. The first-order chi connectivity index (χ1) is 12.7. The zero-order valence-electron chi connectivity index (χ0n) is 13.8. The molecule has 0 aliphatic rings. The van der Waals surface area contributed by atoms with Crippen LogP contribution < -0.4 is 5.32 Å². The molecule has 0 unspecified atom stereocenters. The number of phenolic OH excluding ortho intramolecular Hbond substituents is 1. The van der Waals surface area contributed by atoms with Gasteiger partial charge in [-0.3, -0.25) is 9.36 Å². The van der Waals surface area contributed by atoms with Crippen molar-refractivity contribution in [1.82, 2.24) is 19.9 Å². The number of nitrogens with one attached hydrogen (secondary N) is 1. The summed E-state index contributed by atoms with van der Waals surface area (Å²) in [5, 5.41) is 12.5. The van der Waals surface area contributed by atoms with Gasteiger partial charge < -0.3 is 10.4 Å². The Morgan fingerprint density at radius 3 is 2.62 bits per heavy atom. The van der Waals surface area contributed by atoms with Gasteiger partial charge in [-0.2, -0.15) is 0 Å². The fourth-order valence-corrected chi connectivity index (χ4v) is 2.75. The summed E-state index contributed by atoms with van der Waals surface area (Å²) in [6.45, 7) is 0.325. The van der Waals surface area contributed by atoms with Gasteiger partial charge in [-0.15, -0.1) is 0 Å². The standard InChI is InChI=1S/C20H16N4O2/c25-18-8-4-1-5-15(18)20(26)22-12-14-9-10-19(21-11-14)24-13-23-16-6-2-3-7-17(16)24/h1-11,13,25H,12H2,(H,22,26). The summed E-state index contributed by atoms with van der Waals surface area (Å²) in [4.78, 5) is 21.0. The van der Waals surface area contributed by atoms with Crippen molar-refractivity contribution >= 4 is 16.9 Å². The highest BCUT2D eigenvalue weighted by Crippen LogP contribution is 2.17. The third-order valence-corrected chi connectivity index (χ3v) is 4.11. The molecule has 0 saturated carbocycles. The number of rotatable bonds is 4. The average molecular weight is 344 g/mol. The predicted octanol–water partition coefficient (Wildman–Crippen LogP) is 3.06. The number of phenols is 1. The van der Waals surface area contributed by atoms with Crippen molar-refractivity contribution < 1.29 is 9.90 Å². The fourth-order valence-electron chi connectivity index (χ4n) is 2.75. The van der Waals surface area contributed by atoms with Crippen LogP contribution in [0.5, 0.6) is 5.75 Å². The highest BCUT2D eigenvalue weighted by Gasteiger charge is 2.10. The molecule has 2 heterocycles. The van der Waals surface area contributed by atoms with Crippen LogP contribution >= 0.6 is 0 Å². The minimum absolute atomic E-state index is 0.0366. The quantitative estimate of drug-likeness (QED) is 0.596. The molecule has 0 radical (unpaired) electrons. The van der Waals surface area contributed by atoms with Gasteiger partial charge >= 0.3 is 0 Å². The van der Waals surface area contributed by atoms with Crippen LogP contribution in [-0.4, -0.2) is 25.5 Å². The topological polar surface area (TPSA) is 80.0 Å². The average Bonchev–Trinajstić information content (AvgIpc) is 3.11. The summed E-state index contributed by atoms with van der Waals surface area (Å²) in [5.41, 5.74) is 3.01. The molecule has 2 aromatic heterocycles. The van der Waals surface area contributed by atoms with E-state index in [1.54, 1.807) is 30.7 Å². The number of fused-ring (bicyclic) bond motifs is 1. The van der Waals surface area contributed by atoms with Gasteiger partial charge in [0.2, 0.25) is 0 Å². The SMILES string of the molecule is O=C(NCc1ccc(-n2cnc3ccccc32)nc1)c1ccccc1O. The summed E-state index contributed by atoms with van der Waals surface area (Å²) in [6.07, 6.45) is 3.46. The van der Waals surface area contributed by atoms with E-state index in [-0.39, 0.29) is 17.2 Å². The van der Waals surface area contributed by atoms with E-state index in [2.05, 4.69) is 15.3 Å². The molecule has 1 amide bonds. The molecule has 4 rings (SSSR count). The first-order valence-electron chi connectivity index (χ1n) is 8.16. The van der Waals surface area contributed by atoms with Crippen LogP contribution in [0.2, 0.25) is 0 Å². The number of carbonyl (C=O) groups is 1. The van der Waals surface area contributed by atoms with E-state index in [0.717, 1.165) is 22.4 Å². The minimum Gasteiger partial charge on any atom is -0.507 e. The first kappa shape index (κ1) is 15.8. The molecule has 2 aromatic carbocycles. The fraction of sp³-hybridized carbons (Fsp3) is 0.0500. The number of amides is 1. The summed E-state index contributed by atoms with van der Waals surface area (Å²) in [6, 6.07) is 18.1. The molecule has 6 heteroatoms. The molecule has 0 fully saturated rings. The molecule has 0 bridgehead atoms. The Morgan fingerprint density at radius 2 is 1.81 bits per heavy atom. The zero-order chi connectivity index (χ0) is 17.9. The van der Waals surface area contributed by atoms with E-state index < -0.39 is 0 Å². The maximum absolute atomic E-state index is 12.1. The van der Waals surface area contributed by atoms with Crippen molar-refractivity contribution in [2.75, 3.05) is 0 Å². The molecular weight excluding hydrogens is 328 g/mol. The maximum atomic E-state index is 12.1. The molecule has 0 spiro atoms. The van der Waals surface area contributed by atoms with Gasteiger partial charge in [0.25, 0.3) is 5.91 Å². The van der Waals surface area contributed by atoms with Crippen molar-refractivity contribution in [3.05, 3.63) is 84.3 Å². The lowest BCUT2D eigenvalue weighted by molar-refractivity contribution is 0.0948. The Hall–Kier alpha value is -3.67. The molecule has 0 saturated heterocycles. The Kier molecular flexibility index (Phi) is 4.07. The number of para-hydroxylation sites is 3. The number of pyridine rings is 1. The lowest BCUT2D eigenvalue weighted by Crippen LogP contribution is -2.22. The van der Waals surface area contributed by atoms with Gasteiger partial charge in [-0.05, 0) is 35.9 Å². The lowest BCUT2D eigenvalue weighted by Gasteiger charge is -2.08. The number of aromatic hydroxyl groups is 1. The van der Waals surface area contributed by atoms with E-state index in [1.807, 2.05) is 41.0 Å². The third-order valence-electron chi connectivity index (χ3n) is 4.11. The molecule has 0 aliphatic carbocycles. The number of benzene rings is 2. The Labute approximate surface area is 149 Å². The van der Waals surface area contributed by atoms with E-state index in [9.17, 15) is 9.90 Å². The van der Waals surface area contributed by atoms with E-state index in [0.29, 0.717) is 6.54 Å². The maximum Gasteiger partial charge on any atom is 0.255 e. The van der Waals surface area contributed by atoms with Gasteiger partial charge in [0, 0.05) is 12.7 Å². The van der Waals surface area contributed by atoms with Crippen molar-refractivity contribution in [2.45, 2.75) is 6.54 Å². The molecule has 0 aliphatic heterocycles. The highest BCUT2D eigenvalue weighted by molar-refractivity contribution is 5.96. The second-order valence-corrected chi connectivity index (χ2v) is 5.83. The molecular formula is C20H16N4O2. The summed E-state index contributed by atoms with van der Waals surface area (Å²) in [5.74, 6) is 0.396. The van der Waals surface area contributed by atoms with Crippen molar-refractivity contribution in [3.8, 4) is 11.6 Å². The van der Waals surface area contributed by atoms with Gasteiger partial charge in [0.15, 0.2) is 0 Å². The van der Waals surface area contributed by atoms with Crippen molar-refractivity contribution in [1.29, 1.82) is 0 Å². The van der Waals surface area contributed by atoms with Crippen molar-refractivity contribution in [2.24, 2.45) is 0 Å². The predicted molar refractivity (Wildman–Crippen MR) is 98.1 cm³/mol. The van der Waals surface area contributed by atoms with Gasteiger partial charge in [0.05, 0.1) is 16.6 Å². The van der Waals surface area contributed by atoms with Crippen LogP contribution in [0, 0.1) is 0 Å². The number of imidazole rings is 1. The van der Waals surface area contributed by atoms with Gasteiger partial charge in [-0.25, -0.2) is 9.97 Å². The van der Waals surface area contributed by atoms with Gasteiger partial charge in [0.1, 0.15) is 17.9 Å². The molecule has 2 N–H and O–H groups in total. The van der Waals surface area contributed by atoms with Crippen LogP contribution in [0.1, 0.15) is 15.9 Å². The summed E-state index contributed by atoms with van der Waals surface area (Å²) < 4.78 is 1.92. The second-order valence-electron chi connectivity index (χ2n) is 5.83. The monoisotopic (exact) mass is 344 g/mol. The highest BCUT2D eigenvalue weighted by atomic mass is 16.3. The van der Waals surface area contributed by atoms with Crippen LogP contribution in [0.3, 0.4) is 0 Å². The van der Waals surface area contributed by atoms with Crippen molar-refractivity contribution in [3.63, 3.8) is 0 Å². The van der Waals surface area contributed by atoms with Crippen LogP contribution in [0.25, 0.3) is 16.9 Å². The van der Waals surface area contributed by atoms with Gasteiger partial charge in [-0.1, -0.05) is 30.3 Å². The molecule has 26 heavy (non-hydrogen) atoms. The van der Waals surface area contributed by atoms with E-state index in [1.165, 1.54) is 6.07 Å². The number of hydrogen-bond donors (Lipinski definition) is 2. The number of hydrogen-bond acceptors (Lipinski definition) is 4. The molecule has 128 valence electrons. The lowest BCUT2D eigenvalue weighted by atomic mass is 10.2. The molecule has 0 atom stereocenters. The number of aromatic nitrogens is 3. The Morgan fingerprint density at radius 1 is 1.00 bits per heavy atom.